The molecule has 0 saturated carbocycles. The second-order valence-electron chi connectivity index (χ2n) is 6.95. The van der Waals surface area contributed by atoms with E-state index in [9.17, 15) is 43.5 Å². The highest BCUT2D eigenvalue weighted by Gasteiger charge is 2.27. The first-order chi connectivity index (χ1) is 16.7. The van der Waals surface area contributed by atoms with E-state index in [-0.39, 0.29) is 11.4 Å². The van der Waals surface area contributed by atoms with Gasteiger partial charge in [-0.1, -0.05) is 60.7 Å². The average Bonchev–Trinajstić information content (AvgIpc) is 2.79. The first kappa shape index (κ1) is 28.4. The largest absolute Gasteiger partial charge is 0.673 e. The van der Waals surface area contributed by atoms with E-state index in [1.807, 2.05) is 60.7 Å². The van der Waals surface area contributed by atoms with E-state index < -0.39 is 14.5 Å². The maximum Gasteiger partial charge on any atom is 0.673 e. The van der Waals surface area contributed by atoms with Crippen molar-refractivity contribution in [3.8, 4) is 33.6 Å². The van der Waals surface area contributed by atoms with Crippen molar-refractivity contribution < 1.29 is 53.1 Å². The normalized spacial score (nSPS) is 11.1. The first-order valence-electron chi connectivity index (χ1n) is 10.0. The molecule has 0 spiro atoms. The molecule has 2 aromatic carbocycles. The van der Waals surface area contributed by atoms with E-state index in [2.05, 4.69) is 0 Å². The molecule has 0 aliphatic rings. The lowest BCUT2D eigenvalue weighted by molar-refractivity contribution is -0.859. The van der Waals surface area contributed by atoms with Crippen molar-refractivity contribution in [2.75, 3.05) is 0 Å². The standard InChI is InChI=1S/C22H16F2N2.2BF4/c23-25-13-11-19(17-7-3-1-4-8-17)15-21(25)22-16-20(12-14-26(22)24)18-9-5-2-6-10-18;2*2-1(3,4)5/h1-16H;;/q+2;2*-1. The topological polar surface area (TPSA) is 7.76 Å². The lowest BCUT2D eigenvalue weighted by atomic mass is 10.0. The number of pyridine rings is 2. The molecule has 4 aromatic rings. The van der Waals surface area contributed by atoms with Gasteiger partial charge in [-0.05, 0) is 22.3 Å². The molecule has 0 radical (unpaired) electrons. The molecule has 0 bridgehead atoms. The van der Waals surface area contributed by atoms with Gasteiger partial charge in [0, 0.05) is 33.8 Å². The second-order valence-corrected chi connectivity index (χ2v) is 6.95. The van der Waals surface area contributed by atoms with Gasteiger partial charge < -0.3 is 34.5 Å². The molecule has 0 N–H and O–H groups in total. The quantitative estimate of drug-likeness (QED) is 0.198. The van der Waals surface area contributed by atoms with Crippen molar-refractivity contribution in [1.29, 1.82) is 0 Å². The summed E-state index contributed by atoms with van der Waals surface area (Å²) in [6.45, 7) is 0. The molecular formula is C22H16B2F10N2. The molecule has 2 heterocycles. The Balaban J connectivity index is 0.000000389. The summed E-state index contributed by atoms with van der Waals surface area (Å²) in [5.74, 6) is 0. The monoisotopic (exact) mass is 520 g/mol. The van der Waals surface area contributed by atoms with Crippen molar-refractivity contribution in [3.63, 3.8) is 0 Å². The van der Waals surface area contributed by atoms with E-state index in [0.29, 0.717) is 9.58 Å². The van der Waals surface area contributed by atoms with E-state index in [0.717, 1.165) is 22.3 Å². The molecule has 0 saturated heterocycles. The third kappa shape index (κ3) is 10.2. The highest BCUT2D eigenvalue weighted by molar-refractivity contribution is 6.50. The smallest absolute Gasteiger partial charge is 0.418 e. The molecule has 36 heavy (non-hydrogen) atoms. The number of nitrogens with zero attached hydrogens (tertiary/aromatic N) is 2. The molecule has 14 heteroatoms. The number of benzene rings is 2. The summed E-state index contributed by atoms with van der Waals surface area (Å²) in [6, 6.07) is 25.9. The van der Waals surface area contributed by atoms with E-state index >= 15 is 0 Å². The molecule has 0 atom stereocenters. The Kier molecular flexibility index (Phi) is 9.65. The Labute approximate surface area is 199 Å². The van der Waals surface area contributed by atoms with Crippen molar-refractivity contribution in [2.24, 2.45) is 0 Å². The van der Waals surface area contributed by atoms with Crippen LogP contribution in [-0.2, 0) is 0 Å². The van der Waals surface area contributed by atoms with Gasteiger partial charge in [-0.3, -0.25) is 0 Å². The van der Waals surface area contributed by atoms with Crippen molar-refractivity contribution in [3.05, 3.63) is 97.3 Å². The van der Waals surface area contributed by atoms with Crippen molar-refractivity contribution in [1.82, 2.24) is 0 Å². The first-order valence-corrected chi connectivity index (χ1v) is 10.0. The molecule has 0 unspecified atom stereocenters. The Morgan fingerprint density at radius 3 is 0.972 bits per heavy atom. The summed E-state index contributed by atoms with van der Waals surface area (Å²) in [5.41, 5.74) is 3.82. The second kappa shape index (κ2) is 12.2. The predicted molar refractivity (Wildman–Crippen MR) is 117 cm³/mol. The van der Waals surface area contributed by atoms with Crippen LogP contribution in [0, 0.1) is 0 Å². The lowest BCUT2D eigenvalue weighted by Gasteiger charge is -2.02. The molecule has 2 aromatic heterocycles. The summed E-state index contributed by atoms with van der Waals surface area (Å²) in [5, 5.41) is 0. The Hall–Kier alpha value is -3.83. The van der Waals surface area contributed by atoms with Crippen LogP contribution in [0.15, 0.2) is 97.3 Å². The summed E-state index contributed by atoms with van der Waals surface area (Å²) in [6.07, 6.45) is 2.60. The maximum atomic E-state index is 14.4. The number of aromatic nitrogens is 2. The minimum atomic E-state index is -6.00. The SMILES string of the molecule is F[B-](F)(F)F.F[B-](F)(F)F.F[n+]1ccc(-c2ccccc2)cc1-c1cc(-c2ccccc2)cc[n+]1F. The minimum absolute atomic E-state index is 0.145. The number of halogens is 10. The van der Waals surface area contributed by atoms with Gasteiger partial charge in [0.25, 0.3) is 0 Å². The molecule has 0 aliphatic carbocycles. The van der Waals surface area contributed by atoms with Crippen LogP contribution in [0.2, 0.25) is 0 Å². The van der Waals surface area contributed by atoms with Crippen molar-refractivity contribution >= 4 is 14.5 Å². The summed E-state index contributed by atoms with van der Waals surface area (Å²) < 4.78 is 107. The Morgan fingerprint density at radius 1 is 0.417 bits per heavy atom. The van der Waals surface area contributed by atoms with Crippen LogP contribution in [0.5, 0.6) is 0 Å². The van der Waals surface area contributed by atoms with Crippen molar-refractivity contribution in [2.45, 2.75) is 0 Å². The Morgan fingerprint density at radius 2 is 0.694 bits per heavy atom. The number of hydrogen-bond donors (Lipinski definition) is 0. The molecule has 0 aliphatic heterocycles. The van der Waals surface area contributed by atoms with Gasteiger partial charge in [0.2, 0.25) is 12.4 Å². The van der Waals surface area contributed by atoms with Gasteiger partial charge in [0.1, 0.15) is 0 Å². The van der Waals surface area contributed by atoms with Gasteiger partial charge in [-0.15, -0.1) is 0 Å². The van der Waals surface area contributed by atoms with Gasteiger partial charge in [-0.2, -0.15) is 0 Å². The third-order valence-electron chi connectivity index (χ3n) is 4.29. The van der Waals surface area contributed by atoms with E-state index in [4.69, 9.17) is 0 Å². The Bertz CT molecular complexity index is 1140. The molecule has 2 nitrogen and oxygen atoms in total. The predicted octanol–water partition coefficient (Wildman–Crippen LogP) is 7.33. The molecule has 0 amide bonds. The fourth-order valence-electron chi connectivity index (χ4n) is 2.95. The van der Waals surface area contributed by atoms with Crippen LogP contribution >= 0.6 is 0 Å². The zero-order valence-corrected chi connectivity index (χ0v) is 18.1. The number of hydrogen-bond acceptors (Lipinski definition) is 0. The van der Waals surface area contributed by atoms with E-state index in [1.165, 1.54) is 12.4 Å². The summed E-state index contributed by atoms with van der Waals surface area (Å²) >= 11 is 0. The summed E-state index contributed by atoms with van der Waals surface area (Å²) in [4.78, 5) is 0.874. The fraction of sp³-hybridized carbons (Fsp3) is 0. The molecule has 4 rings (SSSR count). The zero-order chi connectivity index (χ0) is 26.9. The fourth-order valence-corrected chi connectivity index (χ4v) is 2.95. The lowest BCUT2D eigenvalue weighted by Crippen LogP contribution is -2.33. The van der Waals surface area contributed by atoms with Crippen LogP contribution in [0.3, 0.4) is 0 Å². The summed E-state index contributed by atoms with van der Waals surface area (Å²) in [7, 11) is -12.0. The van der Waals surface area contributed by atoms with Gasteiger partial charge in [0.15, 0.2) is 0 Å². The highest BCUT2D eigenvalue weighted by Crippen LogP contribution is 2.25. The molecule has 190 valence electrons. The van der Waals surface area contributed by atoms with Crippen LogP contribution in [0.1, 0.15) is 0 Å². The third-order valence-corrected chi connectivity index (χ3v) is 4.29. The maximum absolute atomic E-state index is 14.4. The van der Waals surface area contributed by atoms with Gasteiger partial charge >= 0.3 is 25.9 Å². The number of rotatable bonds is 3. The van der Waals surface area contributed by atoms with Crippen LogP contribution in [0.25, 0.3) is 33.6 Å². The molecular weight excluding hydrogens is 504 g/mol. The average molecular weight is 520 g/mol. The minimum Gasteiger partial charge on any atom is -0.418 e. The van der Waals surface area contributed by atoms with E-state index in [1.54, 1.807) is 24.3 Å². The zero-order valence-electron chi connectivity index (χ0n) is 18.1. The molecule has 0 fully saturated rings. The van der Waals surface area contributed by atoms with Crippen LogP contribution < -0.4 is 9.58 Å². The van der Waals surface area contributed by atoms with Gasteiger partial charge in [-0.25, -0.2) is 0 Å². The van der Waals surface area contributed by atoms with Crippen LogP contribution in [-0.4, -0.2) is 14.5 Å². The van der Waals surface area contributed by atoms with Crippen LogP contribution in [0.4, 0.5) is 43.5 Å². The van der Waals surface area contributed by atoms with Gasteiger partial charge in [0.05, 0.1) is 8.96 Å². The highest BCUT2D eigenvalue weighted by atomic mass is 19.5.